The average molecular weight is 1400 g/mol. The third-order valence-electron chi connectivity index (χ3n) is 46.5. The molecule has 0 radical (unpaired) electrons. The third-order valence-corrected chi connectivity index (χ3v) is 46.5. The monoisotopic (exact) mass is 1400 g/mol. The maximum absolute atomic E-state index is 15.8. The van der Waals surface area contributed by atoms with Crippen LogP contribution >= 0.6 is 0 Å². The van der Waals surface area contributed by atoms with E-state index in [1.165, 1.54) is 114 Å². The van der Waals surface area contributed by atoms with E-state index < -0.39 is 23.8 Å². The van der Waals surface area contributed by atoms with E-state index in [4.69, 9.17) is 0 Å². The number of carboxylic acid groups (broad SMARTS) is 3. The Morgan fingerprint density at radius 2 is 0.771 bits per heavy atom. The first-order valence-corrected chi connectivity index (χ1v) is 44.9. The second kappa shape index (κ2) is 13.7. The van der Waals surface area contributed by atoms with Crippen molar-refractivity contribution in [2.24, 2.45) is 225 Å². The first kappa shape index (κ1) is 50.7. The summed E-state index contributed by atoms with van der Waals surface area (Å²) in [6.07, 6.45) is 20.8. The molecule has 25 unspecified atom stereocenters. The van der Waals surface area contributed by atoms with Crippen LogP contribution in [-0.4, -0.2) is 33.2 Å². The zero-order chi connectivity index (χ0) is 67.7. The molecule has 16 saturated carbocycles. The summed E-state index contributed by atoms with van der Waals surface area (Å²) in [5.74, 6) is 18.8. The highest BCUT2D eigenvalue weighted by Crippen LogP contribution is 2.95. The van der Waals surface area contributed by atoms with Crippen LogP contribution in [0.3, 0.4) is 0 Å². The van der Waals surface area contributed by atoms with Crippen LogP contribution in [0.25, 0.3) is 153 Å². The number of carbonyl (C=O) groups is 3. The number of allylic oxidation sites excluding steroid dienone is 9. The van der Waals surface area contributed by atoms with E-state index >= 15 is 14.4 Å². The van der Waals surface area contributed by atoms with Gasteiger partial charge in [0.15, 0.2) is 0 Å². The van der Waals surface area contributed by atoms with Gasteiger partial charge in [-0.15, -0.1) is 0 Å². The standard InChI is InChI=1S/C103H70O6/c104-101(105)35-15-32-33-16-36(102(106)107)40-34-17-37(103(108)109)39-31-14-12-29-28-11-13-30-38(35)58-55(32)75-76-56(33)60(40)80-77-57(34)59(39)79-74-54(31)52(29)72-71-51(28)53(30)73-78(58)98-90-68-48-25-8-5-20-18-1-2-19-21-6-9-27-24-7-10-26-23-4-3-22(25)43-44(23)66-69-50(26)47(24)67-70-49(27)46(21)64-62-42(19)41(18)61-63(45(20)48)85(90)93(73)88(71)81(61)82(62)89(72)94(74)86(64)91(70)99(79)97(77)87(67)92(69)100(80)96(76)84(66)83(65(43)68)95(75)98/h3-4,7-10,15-21,28-31,35,38,41-42,45-46,48-49,51-54,58-59,61-64,68,70-74,78-79,81-82,85-86,88-89,93-94H,1-2,5-6,11-14H2,(H,104,105)(H,106,107)(H,108,109)/t18?,19-,20-,21+,28?,29?,30?,31?,35?,38?,41?,42+,45+,46?,48?,49+,51?,52+,53+,54-,58?,59?,61?,62-,63?,64+,68?,70?,71?,72-,73?,74?,78?,79-,81?,82+,85+,86?,88?,89-,93?,94+/m1/s1. The topological polar surface area (TPSA) is 112 Å². The molecule has 0 heterocycles. The van der Waals surface area contributed by atoms with Crippen molar-refractivity contribution >= 4 is 171 Å². The van der Waals surface area contributed by atoms with Crippen molar-refractivity contribution in [3.05, 3.63) is 125 Å². The van der Waals surface area contributed by atoms with Gasteiger partial charge in [0.05, 0.1) is 17.1 Å². The van der Waals surface area contributed by atoms with Gasteiger partial charge in [-0.1, -0.05) is 53.6 Å². The van der Waals surface area contributed by atoms with E-state index in [2.05, 4.69) is 54.6 Å². The van der Waals surface area contributed by atoms with E-state index in [0.29, 0.717) is 159 Å². The predicted octanol–water partition coefficient (Wildman–Crippen LogP) is 18.3. The first-order valence-electron chi connectivity index (χ1n) is 44.9. The van der Waals surface area contributed by atoms with Crippen molar-refractivity contribution in [1.82, 2.24) is 0 Å². The van der Waals surface area contributed by atoms with Crippen molar-refractivity contribution in [2.45, 2.75) is 75.0 Å². The van der Waals surface area contributed by atoms with E-state index in [9.17, 15) is 15.3 Å². The number of hydrogen-bond donors (Lipinski definition) is 3. The number of aromatic carboxylic acids is 1. The van der Waals surface area contributed by atoms with Gasteiger partial charge in [-0.05, 0) is 479 Å². The molecule has 6 heteroatoms. The summed E-state index contributed by atoms with van der Waals surface area (Å²) in [5.41, 5.74) is 26.0. The fourth-order valence-corrected chi connectivity index (χ4v) is 48.0. The maximum Gasteiger partial charge on any atom is 0.336 e. The van der Waals surface area contributed by atoms with Gasteiger partial charge in [0, 0.05) is 28.5 Å². The second-order valence-electron chi connectivity index (χ2n) is 45.2. The van der Waals surface area contributed by atoms with Crippen molar-refractivity contribution in [3.63, 3.8) is 0 Å². The minimum absolute atomic E-state index is 0.0268. The quantitative estimate of drug-likeness (QED) is 0.120. The number of benzene rings is 12. The van der Waals surface area contributed by atoms with Crippen molar-refractivity contribution in [1.29, 1.82) is 0 Å². The van der Waals surface area contributed by atoms with Crippen LogP contribution in [0, 0.1) is 225 Å². The summed E-state index contributed by atoms with van der Waals surface area (Å²) in [4.78, 5) is 47.4. The largest absolute Gasteiger partial charge is 0.481 e. The first-order chi connectivity index (χ1) is 53.8. The number of hydrogen-bond acceptors (Lipinski definition) is 3. The molecule has 0 aliphatic heterocycles. The Bertz CT molecular complexity index is 7670. The molecule has 42 atom stereocenters. The predicted molar refractivity (Wildman–Crippen MR) is 414 cm³/mol. The lowest BCUT2D eigenvalue weighted by atomic mass is 9.16. The van der Waals surface area contributed by atoms with Crippen LogP contribution in [0.5, 0.6) is 0 Å². The Kier molecular flexibility index (Phi) is 6.39. The van der Waals surface area contributed by atoms with E-state index in [1.54, 1.807) is 93.2 Å². The number of fused-ring (bicyclic) bond motifs is 10. The van der Waals surface area contributed by atoms with Gasteiger partial charge in [0.25, 0.3) is 0 Å². The number of rotatable bonds is 3. The molecule has 3 N–H and O–H groups in total. The van der Waals surface area contributed by atoms with Gasteiger partial charge < -0.3 is 15.3 Å². The highest BCUT2D eigenvalue weighted by Gasteiger charge is 2.89. The lowest BCUT2D eigenvalue weighted by Gasteiger charge is -2.88. The Hall–Kier alpha value is -8.09. The van der Waals surface area contributed by atoms with Crippen LogP contribution in [0.4, 0.5) is 0 Å². The molecule has 12 aromatic rings. The molecule has 6 nitrogen and oxygen atoms in total. The van der Waals surface area contributed by atoms with Crippen LogP contribution < -0.4 is 10.4 Å². The molecule has 29 aliphatic carbocycles. The lowest BCUT2D eigenvalue weighted by molar-refractivity contribution is -0.384. The lowest BCUT2D eigenvalue weighted by Crippen LogP contribution is -2.84. The second-order valence-corrected chi connectivity index (χ2v) is 45.2. The zero-order valence-electron chi connectivity index (χ0n) is 59.7. The molecule has 109 heavy (non-hydrogen) atoms. The van der Waals surface area contributed by atoms with Crippen molar-refractivity contribution in [2.75, 3.05) is 0 Å². The summed E-state index contributed by atoms with van der Waals surface area (Å²) in [5, 5.41) is 72.1. The molecular formula is C103H70O6. The smallest absolute Gasteiger partial charge is 0.336 e. The molecule has 41 rings (SSSR count). The Balaban J connectivity index is 0.878. The van der Waals surface area contributed by atoms with Crippen LogP contribution in [0.1, 0.15) is 130 Å². The molecule has 0 saturated heterocycles. The van der Waals surface area contributed by atoms with Gasteiger partial charge in [-0.3, -0.25) is 4.79 Å². The minimum Gasteiger partial charge on any atom is -0.481 e. The fourth-order valence-electron chi connectivity index (χ4n) is 48.0. The Labute approximate surface area is 621 Å². The summed E-state index contributed by atoms with van der Waals surface area (Å²) in [7, 11) is 0. The van der Waals surface area contributed by atoms with Gasteiger partial charge in [0.2, 0.25) is 0 Å². The van der Waals surface area contributed by atoms with Gasteiger partial charge in [-0.2, -0.15) is 0 Å². The summed E-state index contributed by atoms with van der Waals surface area (Å²) >= 11 is 0. The van der Waals surface area contributed by atoms with Gasteiger partial charge >= 0.3 is 17.9 Å². The van der Waals surface area contributed by atoms with Gasteiger partial charge in [-0.25, -0.2) is 9.59 Å². The maximum atomic E-state index is 15.8. The number of carboxylic acids is 3. The van der Waals surface area contributed by atoms with Gasteiger partial charge in [0.1, 0.15) is 0 Å². The summed E-state index contributed by atoms with van der Waals surface area (Å²) in [6, 6.07) is 13.2. The molecule has 0 spiro atoms. The molecule has 20 bridgehead atoms. The molecule has 0 aromatic heterocycles. The van der Waals surface area contributed by atoms with E-state index in [-0.39, 0.29) is 41.4 Å². The van der Waals surface area contributed by atoms with Crippen LogP contribution in [-0.2, 0) is 9.59 Å². The zero-order valence-corrected chi connectivity index (χ0v) is 59.7. The SMILES string of the molecule is O=C(O)C1=C2C3c4c(c5c(C(=O)O)cc6c7c8c9c%10c%11c%12c%13c%14ccc%15c%16ccc%17c%18c%19c%20c(c4c4c5c6c9c5c%11c(c%13%15)c(c%18%16)c%20c45)C4=C5C%19[C@H]6C%17=CC[C@@H]9C6[C@@H]6C5[C@@H]5C([C@H]43)[C@@H]3C2CCC2C4CCC%11C(C(C(=O)O)C=7)C8C7C%10=C8C%12C%10C%14=CC[C@@H]%12C%13CC[C@H]9[C@H]9C%13C%13C([C@@H]8C8C%14C%13[C@H]([C@@H]69)[C@H]5[C@@H](C%14C4[C@H]%11C78)[C@@H]23)[C@H]%10%12)=C1. The highest BCUT2D eigenvalue weighted by atomic mass is 16.4. The summed E-state index contributed by atoms with van der Waals surface area (Å²) in [6.45, 7) is 0. The van der Waals surface area contributed by atoms with Crippen LogP contribution in [0.2, 0.25) is 0 Å². The molecular weight excluding hydrogens is 1330 g/mol. The highest BCUT2D eigenvalue weighted by molar-refractivity contribution is 6.60. The molecule has 16 fully saturated rings. The summed E-state index contributed by atoms with van der Waals surface area (Å²) < 4.78 is 0. The average Bonchev–Trinajstić information content (AvgIpc) is 0.599. The van der Waals surface area contributed by atoms with Crippen LogP contribution in [0.15, 0.2) is 64.8 Å². The van der Waals surface area contributed by atoms with Crippen molar-refractivity contribution < 1.29 is 29.7 Å². The molecule has 29 aliphatic rings. The van der Waals surface area contributed by atoms with E-state index in [0.717, 1.165) is 92.7 Å². The van der Waals surface area contributed by atoms with Crippen molar-refractivity contribution in [3.8, 4) is 0 Å². The molecule has 518 valence electrons. The minimum atomic E-state index is -0.941. The molecule has 12 aromatic carbocycles. The Morgan fingerprint density at radius 3 is 1.38 bits per heavy atom. The number of aliphatic carboxylic acids is 2. The fraction of sp³-hybridized carbons (Fsp3) is 0.485. The molecule has 0 amide bonds. The normalized spacial score (nSPS) is 53.0. The Morgan fingerprint density at radius 1 is 0.321 bits per heavy atom. The third kappa shape index (κ3) is 3.79. The van der Waals surface area contributed by atoms with E-state index in [1.807, 2.05) is 16.7 Å².